The summed E-state index contributed by atoms with van der Waals surface area (Å²) in [4.78, 5) is 33.0. The van der Waals surface area contributed by atoms with Crippen molar-refractivity contribution in [3.05, 3.63) is 65.5 Å². The number of fused-ring (bicyclic) bond motifs is 2. The Morgan fingerprint density at radius 3 is 2.62 bits per heavy atom. The van der Waals surface area contributed by atoms with E-state index in [9.17, 15) is 9.59 Å². The van der Waals surface area contributed by atoms with Gasteiger partial charge in [0.15, 0.2) is 11.5 Å². The SMILES string of the molecule is Nc1c(C(=O)OC2CCN(C(=O)Nc3ccccc3)CC2)sc2nc(-c3ccc4c(c3)OCO4)ccc12. The van der Waals surface area contributed by atoms with Crippen LogP contribution in [0, 0.1) is 0 Å². The van der Waals surface area contributed by atoms with E-state index in [1.165, 1.54) is 11.3 Å². The lowest BCUT2D eigenvalue weighted by atomic mass is 10.1. The molecule has 0 unspecified atom stereocenters. The number of urea groups is 1. The Labute approximate surface area is 216 Å². The maximum absolute atomic E-state index is 13.0. The molecule has 4 heterocycles. The lowest BCUT2D eigenvalue weighted by molar-refractivity contribution is 0.0164. The number of esters is 1. The van der Waals surface area contributed by atoms with Gasteiger partial charge >= 0.3 is 12.0 Å². The molecule has 0 aliphatic carbocycles. The van der Waals surface area contributed by atoms with E-state index in [2.05, 4.69) is 5.32 Å². The first-order valence-electron chi connectivity index (χ1n) is 12.0. The molecule has 2 aromatic heterocycles. The van der Waals surface area contributed by atoms with E-state index >= 15 is 0 Å². The molecule has 3 N–H and O–H groups in total. The van der Waals surface area contributed by atoms with Crippen molar-refractivity contribution in [1.82, 2.24) is 9.88 Å². The number of ether oxygens (including phenoxy) is 3. The molecule has 37 heavy (non-hydrogen) atoms. The summed E-state index contributed by atoms with van der Waals surface area (Å²) in [6.45, 7) is 1.20. The van der Waals surface area contributed by atoms with Crippen LogP contribution in [0.5, 0.6) is 11.5 Å². The molecule has 0 bridgehead atoms. The van der Waals surface area contributed by atoms with Gasteiger partial charge in [0.05, 0.1) is 11.4 Å². The molecule has 2 amide bonds. The maximum atomic E-state index is 13.0. The number of piperidine rings is 1. The topological polar surface area (TPSA) is 116 Å². The fourth-order valence-electron chi connectivity index (χ4n) is 4.47. The number of aromatic nitrogens is 1. The van der Waals surface area contributed by atoms with Crippen LogP contribution in [0.15, 0.2) is 60.7 Å². The van der Waals surface area contributed by atoms with E-state index in [0.717, 1.165) is 16.9 Å². The average Bonchev–Trinajstić information content (AvgIpc) is 3.53. The minimum absolute atomic E-state index is 0.158. The van der Waals surface area contributed by atoms with Crippen molar-refractivity contribution in [2.75, 3.05) is 30.9 Å². The Kier molecular flexibility index (Phi) is 6.01. The number of nitrogens with zero attached hydrogens (tertiary/aromatic N) is 2. The van der Waals surface area contributed by atoms with Crippen LogP contribution in [0.2, 0.25) is 0 Å². The van der Waals surface area contributed by atoms with Gasteiger partial charge in [-0.2, -0.15) is 0 Å². The van der Waals surface area contributed by atoms with Crippen LogP contribution in [0.4, 0.5) is 16.2 Å². The zero-order valence-electron chi connectivity index (χ0n) is 19.8. The zero-order chi connectivity index (χ0) is 25.4. The first-order chi connectivity index (χ1) is 18.0. The van der Waals surface area contributed by atoms with Gasteiger partial charge in [-0.3, -0.25) is 0 Å². The number of carbonyl (C=O) groups excluding carboxylic acids is 2. The quantitative estimate of drug-likeness (QED) is 0.361. The fraction of sp³-hybridized carbons (Fsp3) is 0.222. The first-order valence-corrected chi connectivity index (χ1v) is 12.8. The summed E-state index contributed by atoms with van der Waals surface area (Å²) in [7, 11) is 0. The smallest absolute Gasteiger partial charge is 0.350 e. The number of nitrogen functional groups attached to an aromatic ring is 1. The predicted octanol–water partition coefficient (Wildman–Crippen LogP) is 5.13. The largest absolute Gasteiger partial charge is 0.458 e. The Balaban J connectivity index is 1.11. The third-order valence-corrected chi connectivity index (χ3v) is 7.57. The Hall–Kier alpha value is -4.31. The molecule has 2 aliphatic heterocycles. The third kappa shape index (κ3) is 4.63. The summed E-state index contributed by atoms with van der Waals surface area (Å²) < 4.78 is 16.6. The molecule has 10 heteroatoms. The van der Waals surface area contributed by atoms with Gasteiger partial charge in [0.1, 0.15) is 15.8 Å². The van der Waals surface area contributed by atoms with Crippen molar-refractivity contribution in [2.24, 2.45) is 0 Å². The van der Waals surface area contributed by atoms with E-state index in [-0.39, 0.29) is 18.9 Å². The highest BCUT2D eigenvalue weighted by Gasteiger charge is 2.28. The standard InChI is InChI=1S/C27H24N4O5S/c28-23-19-7-8-20(16-6-9-21-22(14-16)35-15-34-21)30-25(19)37-24(23)26(32)36-18-10-12-31(13-11-18)27(33)29-17-4-2-1-3-5-17/h1-9,14,18H,10-13,15,28H2,(H,29,33). The maximum Gasteiger partial charge on any atom is 0.350 e. The monoisotopic (exact) mass is 516 g/mol. The molecule has 4 aromatic rings. The fourth-order valence-corrected chi connectivity index (χ4v) is 5.45. The number of thiophene rings is 1. The minimum Gasteiger partial charge on any atom is -0.458 e. The Morgan fingerprint density at radius 2 is 1.81 bits per heavy atom. The summed E-state index contributed by atoms with van der Waals surface area (Å²) in [5, 5.41) is 3.60. The third-order valence-electron chi connectivity index (χ3n) is 6.48. The number of nitrogens with two attached hydrogens (primary N) is 1. The first kappa shape index (κ1) is 23.1. The summed E-state index contributed by atoms with van der Waals surface area (Å²) in [6.07, 6.45) is 0.839. The molecule has 6 rings (SSSR count). The van der Waals surface area contributed by atoms with E-state index in [0.29, 0.717) is 58.2 Å². The normalized spacial score (nSPS) is 15.1. The zero-order valence-corrected chi connectivity index (χ0v) is 20.6. The number of rotatable bonds is 4. The molecule has 0 spiro atoms. The summed E-state index contributed by atoms with van der Waals surface area (Å²) >= 11 is 1.22. The molecule has 0 radical (unpaired) electrons. The number of pyridine rings is 1. The van der Waals surface area contributed by atoms with Crippen LogP contribution < -0.4 is 20.5 Å². The van der Waals surface area contributed by atoms with Crippen molar-refractivity contribution in [3.8, 4) is 22.8 Å². The molecular formula is C27H24N4O5S. The number of anilines is 2. The van der Waals surface area contributed by atoms with Gasteiger partial charge in [0, 0.05) is 42.6 Å². The molecule has 2 aliphatic rings. The highest BCUT2D eigenvalue weighted by atomic mass is 32.1. The number of nitrogens with one attached hydrogen (secondary N) is 1. The second-order valence-corrected chi connectivity index (χ2v) is 9.85. The van der Waals surface area contributed by atoms with Crippen molar-refractivity contribution in [2.45, 2.75) is 18.9 Å². The van der Waals surface area contributed by atoms with Crippen molar-refractivity contribution >= 4 is 44.9 Å². The van der Waals surface area contributed by atoms with Crippen LogP contribution in [0.25, 0.3) is 21.5 Å². The van der Waals surface area contributed by atoms with Gasteiger partial charge in [0.25, 0.3) is 0 Å². The number of hydrogen-bond donors (Lipinski definition) is 2. The molecule has 1 fully saturated rings. The van der Waals surface area contributed by atoms with Gasteiger partial charge < -0.3 is 30.2 Å². The molecule has 2 aromatic carbocycles. The van der Waals surface area contributed by atoms with Crippen molar-refractivity contribution in [3.63, 3.8) is 0 Å². The van der Waals surface area contributed by atoms with Crippen molar-refractivity contribution < 1.29 is 23.8 Å². The summed E-state index contributed by atoms with van der Waals surface area (Å²) in [6, 6.07) is 18.6. The van der Waals surface area contributed by atoms with E-state index in [4.69, 9.17) is 24.9 Å². The number of hydrogen-bond acceptors (Lipinski definition) is 8. The Bertz CT molecular complexity index is 1480. The molecule has 0 atom stereocenters. The van der Waals surface area contributed by atoms with Crippen LogP contribution in [0.3, 0.4) is 0 Å². The number of likely N-dealkylation sites (tertiary alicyclic amines) is 1. The van der Waals surface area contributed by atoms with E-state index in [1.807, 2.05) is 60.7 Å². The minimum atomic E-state index is -0.461. The molecule has 0 saturated carbocycles. The van der Waals surface area contributed by atoms with Gasteiger partial charge in [-0.15, -0.1) is 11.3 Å². The lowest BCUT2D eigenvalue weighted by Crippen LogP contribution is -2.43. The number of para-hydroxylation sites is 1. The highest BCUT2D eigenvalue weighted by molar-refractivity contribution is 7.21. The van der Waals surface area contributed by atoms with Gasteiger partial charge in [-0.25, -0.2) is 14.6 Å². The highest BCUT2D eigenvalue weighted by Crippen LogP contribution is 2.38. The molecular weight excluding hydrogens is 492 g/mol. The van der Waals surface area contributed by atoms with Crippen molar-refractivity contribution in [1.29, 1.82) is 0 Å². The molecule has 1 saturated heterocycles. The summed E-state index contributed by atoms with van der Waals surface area (Å²) in [5.41, 5.74) is 9.05. The Morgan fingerprint density at radius 1 is 1.03 bits per heavy atom. The summed E-state index contributed by atoms with van der Waals surface area (Å²) in [5.74, 6) is 0.924. The lowest BCUT2D eigenvalue weighted by Gasteiger charge is -2.31. The average molecular weight is 517 g/mol. The predicted molar refractivity (Wildman–Crippen MR) is 141 cm³/mol. The van der Waals surface area contributed by atoms with E-state index in [1.54, 1.807) is 4.90 Å². The number of carbonyl (C=O) groups is 2. The van der Waals surface area contributed by atoms with Crippen LogP contribution >= 0.6 is 11.3 Å². The van der Waals surface area contributed by atoms with Crippen LogP contribution in [-0.4, -0.2) is 47.9 Å². The van der Waals surface area contributed by atoms with Gasteiger partial charge in [-0.1, -0.05) is 18.2 Å². The second-order valence-electron chi connectivity index (χ2n) is 8.85. The van der Waals surface area contributed by atoms with Gasteiger partial charge in [0.2, 0.25) is 6.79 Å². The molecule has 188 valence electrons. The van der Waals surface area contributed by atoms with Crippen LogP contribution in [-0.2, 0) is 4.74 Å². The number of benzene rings is 2. The van der Waals surface area contributed by atoms with E-state index < -0.39 is 5.97 Å². The number of amides is 2. The van der Waals surface area contributed by atoms with Crippen LogP contribution in [0.1, 0.15) is 22.5 Å². The molecule has 9 nitrogen and oxygen atoms in total. The van der Waals surface area contributed by atoms with Gasteiger partial charge in [-0.05, 0) is 42.5 Å². The second kappa shape index (κ2) is 9.62.